The normalized spacial score (nSPS) is 17.4. The molecule has 124 valence electrons. The number of hydrogen-bond donors (Lipinski definition) is 2. The molecule has 4 nitrogen and oxygen atoms in total. The molecule has 1 aliphatic rings. The first kappa shape index (κ1) is 17.3. The number of nitrogens with one attached hydrogen (secondary N) is 2. The highest BCUT2D eigenvalue weighted by molar-refractivity contribution is 5.95. The minimum atomic E-state index is -0.522. The summed E-state index contributed by atoms with van der Waals surface area (Å²) < 4.78 is 0. The third kappa shape index (κ3) is 6.27. The van der Waals surface area contributed by atoms with Gasteiger partial charge in [-0.05, 0) is 31.4 Å². The van der Waals surface area contributed by atoms with Gasteiger partial charge in [0.25, 0.3) is 0 Å². The van der Waals surface area contributed by atoms with E-state index in [-0.39, 0.29) is 17.9 Å². The maximum atomic E-state index is 12.2. The summed E-state index contributed by atoms with van der Waals surface area (Å²) in [5, 5.41) is 5.78. The van der Waals surface area contributed by atoms with E-state index in [4.69, 9.17) is 0 Å². The molecule has 1 unspecified atom stereocenters. The van der Waals surface area contributed by atoms with Crippen molar-refractivity contribution in [3.05, 3.63) is 42.0 Å². The zero-order chi connectivity index (χ0) is 16.5. The summed E-state index contributed by atoms with van der Waals surface area (Å²) in [5.41, 5.74) is 0.957. The second-order valence-corrected chi connectivity index (χ2v) is 6.17. The molecular weight excluding hydrogens is 288 g/mol. The van der Waals surface area contributed by atoms with Crippen molar-refractivity contribution in [2.75, 3.05) is 0 Å². The molecule has 0 aromatic heterocycles. The lowest BCUT2D eigenvalue weighted by atomic mass is 10.1. The second-order valence-electron chi connectivity index (χ2n) is 6.17. The predicted molar refractivity (Wildman–Crippen MR) is 92.7 cm³/mol. The van der Waals surface area contributed by atoms with Crippen LogP contribution in [0, 0.1) is 0 Å². The molecule has 1 saturated carbocycles. The zero-order valence-electron chi connectivity index (χ0n) is 13.8. The molecule has 1 aromatic carbocycles. The van der Waals surface area contributed by atoms with Crippen LogP contribution in [0.15, 0.2) is 36.4 Å². The lowest BCUT2D eigenvalue weighted by Gasteiger charge is -2.19. The number of carbonyl (C=O) groups excluding carboxylic acids is 2. The number of carbonyl (C=O) groups is 2. The standard InChI is InChI=1S/C19H26N2O2/c1-15(19(23)21-17-11-7-2-3-8-12-17)20-18(22)14-13-16-9-5-4-6-10-16/h4-6,9-10,13-15,17H,2-3,7-8,11-12H2,1H3,(H,20,22)(H,21,23)/b14-13+. The molecule has 0 heterocycles. The average molecular weight is 314 g/mol. The summed E-state index contributed by atoms with van der Waals surface area (Å²) in [6.45, 7) is 1.72. The highest BCUT2D eigenvalue weighted by Crippen LogP contribution is 2.17. The second kappa shape index (κ2) is 9.13. The Kier molecular flexibility index (Phi) is 6.85. The molecule has 23 heavy (non-hydrogen) atoms. The molecule has 1 aliphatic carbocycles. The molecule has 2 rings (SSSR count). The lowest BCUT2D eigenvalue weighted by molar-refractivity contribution is -0.127. The van der Waals surface area contributed by atoms with E-state index in [0.29, 0.717) is 0 Å². The van der Waals surface area contributed by atoms with Crippen LogP contribution >= 0.6 is 0 Å². The smallest absolute Gasteiger partial charge is 0.244 e. The fourth-order valence-corrected chi connectivity index (χ4v) is 2.81. The zero-order valence-corrected chi connectivity index (χ0v) is 13.8. The minimum absolute atomic E-state index is 0.0987. The summed E-state index contributed by atoms with van der Waals surface area (Å²) in [6, 6.07) is 9.34. The first-order valence-corrected chi connectivity index (χ1v) is 8.49. The topological polar surface area (TPSA) is 58.2 Å². The Bertz CT molecular complexity index is 532. The number of hydrogen-bond acceptors (Lipinski definition) is 2. The third-order valence-corrected chi connectivity index (χ3v) is 4.18. The molecular formula is C19H26N2O2. The maximum absolute atomic E-state index is 12.2. The van der Waals surface area contributed by atoms with Crippen LogP contribution in [0.25, 0.3) is 6.08 Å². The number of amides is 2. The van der Waals surface area contributed by atoms with E-state index in [1.54, 1.807) is 13.0 Å². The Morgan fingerprint density at radius 1 is 1.09 bits per heavy atom. The van der Waals surface area contributed by atoms with E-state index in [1.807, 2.05) is 30.3 Å². The van der Waals surface area contributed by atoms with Gasteiger partial charge in [-0.3, -0.25) is 9.59 Å². The van der Waals surface area contributed by atoms with Crippen molar-refractivity contribution >= 4 is 17.9 Å². The van der Waals surface area contributed by atoms with E-state index in [1.165, 1.54) is 31.8 Å². The largest absolute Gasteiger partial charge is 0.352 e. The molecule has 1 aromatic rings. The van der Waals surface area contributed by atoms with Gasteiger partial charge >= 0.3 is 0 Å². The highest BCUT2D eigenvalue weighted by Gasteiger charge is 2.19. The van der Waals surface area contributed by atoms with Crippen LogP contribution in [0.4, 0.5) is 0 Å². The summed E-state index contributed by atoms with van der Waals surface area (Å²) in [6.07, 6.45) is 10.1. The van der Waals surface area contributed by atoms with Gasteiger partial charge in [-0.25, -0.2) is 0 Å². The Morgan fingerprint density at radius 2 is 1.74 bits per heavy atom. The first-order valence-electron chi connectivity index (χ1n) is 8.49. The van der Waals surface area contributed by atoms with E-state index in [0.717, 1.165) is 18.4 Å². The molecule has 0 saturated heterocycles. The Morgan fingerprint density at radius 3 is 2.39 bits per heavy atom. The van der Waals surface area contributed by atoms with Crippen molar-refractivity contribution in [2.24, 2.45) is 0 Å². The van der Waals surface area contributed by atoms with Crippen LogP contribution in [0.2, 0.25) is 0 Å². The van der Waals surface area contributed by atoms with Crippen LogP contribution in [0.1, 0.15) is 51.0 Å². The van der Waals surface area contributed by atoms with Gasteiger partial charge in [-0.2, -0.15) is 0 Å². The Balaban J connectivity index is 1.78. The molecule has 0 bridgehead atoms. The van der Waals surface area contributed by atoms with Crippen LogP contribution in [0.3, 0.4) is 0 Å². The monoisotopic (exact) mass is 314 g/mol. The molecule has 1 atom stereocenters. The maximum Gasteiger partial charge on any atom is 0.244 e. The van der Waals surface area contributed by atoms with Gasteiger partial charge in [0.1, 0.15) is 6.04 Å². The highest BCUT2D eigenvalue weighted by atomic mass is 16.2. The van der Waals surface area contributed by atoms with Crippen molar-refractivity contribution in [1.29, 1.82) is 0 Å². The van der Waals surface area contributed by atoms with Gasteiger partial charge in [-0.15, -0.1) is 0 Å². The van der Waals surface area contributed by atoms with Gasteiger partial charge < -0.3 is 10.6 Å². The van der Waals surface area contributed by atoms with Crippen molar-refractivity contribution < 1.29 is 9.59 Å². The van der Waals surface area contributed by atoms with Crippen LogP contribution in [0.5, 0.6) is 0 Å². The fraction of sp³-hybridized carbons (Fsp3) is 0.474. The van der Waals surface area contributed by atoms with Crippen molar-refractivity contribution in [2.45, 2.75) is 57.5 Å². The molecule has 1 fully saturated rings. The van der Waals surface area contributed by atoms with Crippen molar-refractivity contribution in [3.8, 4) is 0 Å². The number of benzene rings is 1. The van der Waals surface area contributed by atoms with Gasteiger partial charge in [0, 0.05) is 12.1 Å². The molecule has 2 N–H and O–H groups in total. The van der Waals surface area contributed by atoms with E-state index in [9.17, 15) is 9.59 Å². The van der Waals surface area contributed by atoms with Crippen LogP contribution in [-0.2, 0) is 9.59 Å². The number of rotatable bonds is 5. The van der Waals surface area contributed by atoms with Crippen molar-refractivity contribution in [3.63, 3.8) is 0 Å². The SMILES string of the molecule is CC(NC(=O)/C=C/c1ccccc1)C(=O)NC1CCCCCC1. The quantitative estimate of drug-likeness (QED) is 0.648. The summed E-state index contributed by atoms with van der Waals surface area (Å²) in [4.78, 5) is 24.1. The van der Waals surface area contributed by atoms with Gasteiger partial charge in [0.05, 0.1) is 0 Å². The minimum Gasteiger partial charge on any atom is -0.352 e. The van der Waals surface area contributed by atoms with Crippen molar-refractivity contribution in [1.82, 2.24) is 10.6 Å². The summed E-state index contributed by atoms with van der Waals surface area (Å²) in [5.74, 6) is -0.351. The first-order chi connectivity index (χ1) is 11.1. The predicted octanol–water partition coefficient (Wildman–Crippen LogP) is 3.04. The van der Waals surface area contributed by atoms with E-state index in [2.05, 4.69) is 10.6 Å². The average Bonchev–Trinajstić information content (AvgIpc) is 2.82. The van der Waals surface area contributed by atoms with Crippen LogP contribution in [-0.4, -0.2) is 23.9 Å². The van der Waals surface area contributed by atoms with Gasteiger partial charge in [-0.1, -0.05) is 56.0 Å². The summed E-state index contributed by atoms with van der Waals surface area (Å²) >= 11 is 0. The third-order valence-electron chi connectivity index (χ3n) is 4.18. The van der Waals surface area contributed by atoms with Gasteiger partial charge in [0.2, 0.25) is 11.8 Å². The van der Waals surface area contributed by atoms with Gasteiger partial charge in [0.15, 0.2) is 0 Å². The summed E-state index contributed by atoms with van der Waals surface area (Å²) in [7, 11) is 0. The fourth-order valence-electron chi connectivity index (χ4n) is 2.81. The van der Waals surface area contributed by atoms with E-state index < -0.39 is 6.04 Å². The molecule has 2 amide bonds. The Hall–Kier alpha value is -2.10. The van der Waals surface area contributed by atoms with E-state index >= 15 is 0 Å². The van der Waals surface area contributed by atoms with Crippen LogP contribution < -0.4 is 10.6 Å². The Labute approximate surface area is 138 Å². The molecule has 0 radical (unpaired) electrons. The molecule has 0 spiro atoms. The molecule has 4 heteroatoms. The lowest BCUT2D eigenvalue weighted by Crippen LogP contribution is -2.47. The molecule has 0 aliphatic heterocycles.